The van der Waals surface area contributed by atoms with Gasteiger partial charge in [-0.2, -0.15) is 16.1 Å². The Kier molecular flexibility index (Phi) is 5.41. The summed E-state index contributed by atoms with van der Waals surface area (Å²) in [5.74, 6) is 0.831. The molecular formula is C14H21BrN2O2S2. The summed E-state index contributed by atoms with van der Waals surface area (Å²) in [6.07, 6.45) is 0. The van der Waals surface area contributed by atoms with Gasteiger partial charge in [-0.1, -0.05) is 13.0 Å². The number of benzene rings is 1. The number of nitrogens with two attached hydrogens (primary N) is 1. The van der Waals surface area contributed by atoms with Crippen molar-refractivity contribution >= 4 is 37.7 Å². The summed E-state index contributed by atoms with van der Waals surface area (Å²) in [5.41, 5.74) is 7.41. The Bertz CT molecular complexity index is 634. The number of hydrogen-bond donors (Lipinski definition) is 1. The first kappa shape index (κ1) is 17.3. The lowest BCUT2D eigenvalue weighted by atomic mass is 10.1. The molecule has 1 aromatic carbocycles. The van der Waals surface area contributed by atoms with Crippen molar-refractivity contribution in [3.63, 3.8) is 0 Å². The number of hydrogen-bond acceptors (Lipinski definition) is 4. The maximum Gasteiger partial charge on any atom is 0.244 e. The van der Waals surface area contributed by atoms with Crippen molar-refractivity contribution in [3.05, 3.63) is 27.7 Å². The molecule has 0 bridgehead atoms. The summed E-state index contributed by atoms with van der Waals surface area (Å²) in [4.78, 5) is 0.328. The number of nitrogens with zero attached hydrogens (tertiary/aromatic N) is 1. The van der Waals surface area contributed by atoms with E-state index in [-0.39, 0.29) is 6.04 Å². The van der Waals surface area contributed by atoms with Crippen LogP contribution in [-0.4, -0.2) is 36.3 Å². The summed E-state index contributed by atoms with van der Waals surface area (Å²) in [7, 11) is -3.51. The van der Waals surface area contributed by atoms with Crippen molar-refractivity contribution in [2.45, 2.75) is 43.5 Å². The fourth-order valence-electron chi connectivity index (χ4n) is 2.49. The zero-order valence-corrected chi connectivity index (χ0v) is 15.7. The molecule has 2 unspecified atom stereocenters. The first-order chi connectivity index (χ1) is 9.78. The largest absolute Gasteiger partial charge is 0.326 e. The predicted molar refractivity (Wildman–Crippen MR) is 92.0 cm³/mol. The monoisotopic (exact) mass is 392 g/mol. The van der Waals surface area contributed by atoms with Crippen LogP contribution < -0.4 is 5.73 Å². The highest BCUT2D eigenvalue weighted by Gasteiger charge is 2.36. The number of sulfonamides is 1. The third-order valence-electron chi connectivity index (χ3n) is 3.93. The van der Waals surface area contributed by atoms with Crippen LogP contribution in [0.1, 0.15) is 25.0 Å². The topological polar surface area (TPSA) is 63.4 Å². The lowest BCUT2D eigenvalue weighted by Gasteiger charge is -2.36. The molecule has 1 aliphatic rings. The Hall–Kier alpha value is -0.0800. The number of halogens is 1. The van der Waals surface area contributed by atoms with Gasteiger partial charge in [-0.25, -0.2) is 8.42 Å². The second-order valence-corrected chi connectivity index (χ2v) is 9.50. The van der Waals surface area contributed by atoms with Gasteiger partial charge in [0.1, 0.15) is 0 Å². The molecule has 0 radical (unpaired) electrons. The molecule has 0 amide bonds. The van der Waals surface area contributed by atoms with Gasteiger partial charge in [-0.05, 0) is 47.0 Å². The normalized spacial score (nSPS) is 24.2. The second-order valence-electron chi connectivity index (χ2n) is 5.36. The summed E-state index contributed by atoms with van der Waals surface area (Å²) < 4.78 is 28.3. The molecule has 1 aromatic rings. The summed E-state index contributed by atoms with van der Waals surface area (Å²) >= 11 is 5.25. The Morgan fingerprint density at radius 1 is 1.43 bits per heavy atom. The van der Waals surface area contributed by atoms with Crippen molar-refractivity contribution in [2.75, 3.05) is 12.3 Å². The maximum absolute atomic E-state index is 13.0. The van der Waals surface area contributed by atoms with E-state index in [1.165, 1.54) is 0 Å². The van der Waals surface area contributed by atoms with Gasteiger partial charge < -0.3 is 5.73 Å². The highest BCUT2D eigenvalue weighted by Crippen LogP contribution is 2.34. The molecule has 118 valence electrons. The second kappa shape index (κ2) is 6.58. The molecule has 1 aliphatic heterocycles. The van der Waals surface area contributed by atoms with Gasteiger partial charge in [0.05, 0.1) is 4.90 Å². The number of thioether (sulfide) groups is 1. The van der Waals surface area contributed by atoms with Gasteiger partial charge in [-0.3, -0.25) is 0 Å². The summed E-state index contributed by atoms with van der Waals surface area (Å²) in [6, 6.07) is 3.59. The average molecular weight is 393 g/mol. The van der Waals surface area contributed by atoms with Crippen LogP contribution in [0.3, 0.4) is 0 Å². The Labute approximate surface area is 139 Å². The van der Waals surface area contributed by atoms with Gasteiger partial charge in [0, 0.05) is 34.6 Å². The third kappa shape index (κ3) is 3.32. The highest BCUT2D eigenvalue weighted by atomic mass is 79.9. The van der Waals surface area contributed by atoms with E-state index in [2.05, 4.69) is 22.9 Å². The van der Waals surface area contributed by atoms with Crippen LogP contribution in [0.15, 0.2) is 21.5 Å². The summed E-state index contributed by atoms with van der Waals surface area (Å²) in [6.45, 7) is 6.82. The van der Waals surface area contributed by atoms with Crippen LogP contribution in [0.25, 0.3) is 0 Å². The van der Waals surface area contributed by atoms with Crippen molar-refractivity contribution < 1.29 is 8.42 Å². The standard InChI is InChI=1S/C14H21BrN2O2S2/c1-9-6-12(8-16)7-13(14(9)15)21(18,19)17-4-5-20-11(3)10(17)2/h6-7,10-11H,4-5,8,16H2,1-3H3. The van der Waals surface area contributed by atoms with Gasteiger partial charge in [0.2, 0.25) is 10.0 Å². The van der Waals surface area contributed by atoms with Crippen LogP contribution >= 0.6 is 27.7 Å². The summed E-state index contributed by atoms with van der Waals surface area (Å²) in [5, 5.41) is 0.297. The zero-order valence-electron chi connectivity index (χ0n) is 12.5. The zero-order chi connectivity index (χ0) is 15.8. The average Bonchev–Trinajstić information content (AvgIpc) is 2.44. The fourth-order valence-corrected chi connectivity index (χ4v) is 6.51. The number of aryl methyl sites for hydroxylation is 1. The van der Waals surface area contributed by atoms with Gasteiger partial charge in [0.15, 0.2) is 0 Å². The van der Waals surface area contributed by atoms with Crippen molar-refractivity contribution in [1.82, 2.24) is 4.31 Å². The molecule has 0 saturated carbocycles. The quantitative estimate of drug-likeness (QED) is 0.858. The van der Waals surface area contributed by atoms with Crippen LogP contribution in [0.2, 0.25) is 0 Å². The van der Waals surface area contributed by atoms with Crippen LogP contribution in [0.4, 0.5) is 0 Å². The van der Waals surface area contributed by atoms with E-state index < -0.39 is 10.0 Å². The van der Waals surface area contributed by atoms with Crippen LogP contribution in [0.5, 0.6) is 0 Å². The van der Waals surface area contributed by atoms with Gasteiger partial charge in [-0.15, -0.1) is 0 Å². The maximum atomic E-state index is 13.0. The molecule has 0 aromatic heterocycles. The van der Waals surface area contributed by atoms with E-state index in [0.717, 1.165) is 16.9 Å². The lowest BCUT2D eigenvalue weighted by Crippen LogP contribution is -2.47. The van der Waals surface area contributed by atoms with Gasteiger partial charge in [0.25, 0.3) is 0 Å². The minimum Gasteiger partial charge on any atom is -0.326 e. The van der Waals surface area contributed by atoms with Crippen LogP contribution in [0, 0.1) is 6.92 Å². The van der Waals surface area contributed by atoms with E-state index in [9.17, 15) is 8.42 Å². The highest BCUT2D eigenvalue weighted by molar-refractivity contribution is 9.10. The minimum atomic E-state index is -3.51. The van der Waals surface area contributed by atoms with Crippen molar-refractivity contribution in [2.24, 2.45) is 5.73 Å². The molecule has 1 heterocycles. The SMILES string of the molecule is Cc1cc(CN)cc(S(=O)(=O)N2CCSC(C)C2C)c1Br. The van der Waals surface area contributed by atoms with E-state index in [1.54, 1.807) is 10.4 Å². The first-order valence-corrected chi connectivity index (χ1v) is 10.2. The molecule has 2 atom stereocenters. The smallest absolute Gasteiger partial charge is 0.244 e. The molecule has 2 N–H and O–H groups in total. The van der Waals surface area contributed by atoms with E-state index in [4.69, 9.17) is 5.73 Å². The minimum absolute atomic E-state index is 0.0116. The van der Waals surface area contributed by atoms with Gasteiger partial charge >= 0.3 is 0 Å². The molecule has 21 heavy (non-hydrogen) atoms. The van der Waals surface area contributed by atoms with Crippen molar-refractivity contribution in [3.8, 4) is 0 Å². The Morgan fingerprint density at radius 2 is 2.10 bits per heavy atom. The number of rotatable bonds is 3. The van der Waals surface area contributed by atoms with E-state index in [0.29, 0.717) is 27.7 Å². The third-order valence-corrected chi connectivity index (χ3v) is 8.59. The molecular weight excluding hydrogens is 372 g/mol. The predicted octanol–water partition coefficient (Wildman–Crippen LogP) is 2.73. The molecule has 1 fully saturated rings. The lowest BCUT2D eigenvalue weighted by molar-refractivity contribution is 0.340. The Balaban J connectivity index is 2.51. The van der Waals surface area contributed by atoms with Crippen LogP contribution in [-0.2, 0) is 16.6 Å². The molecule has 0 aliphatic carbocycles. The first-order valence-electron chi connectivity index (χ1n) is 6.91. The molecule has 2 rings (SSSR count). The fraction of sp³-hybridized carbons (Fsp3) is 0.571. The molecule has 4 nitrogen and oxygen atoms in total. The van der Waals surface area contributed by atoms with E-state index >= 15 is 0 Å². The van der Waals surface area contributed by atoms with E-state index in [1.807, 2.05) is 31.7 Å². The molecule has 0 spiro atoms. The molecule has 7 heteroatoms. The molecule has 1 saturated heterocycles. The Morgan fingerprint density at radius 3 is 2.71 bits per heavy atom. The van der Waals surface area contributed by atoms with Crippen molar-refractivity contribution in [1.29, 1.82) is 0 Å².